The number of rotatable bonds is 6. The number of phenolic OH excluding ortho intramolecular Hbond substituents is 3. The van der Waals surface area contributed by atoms with Gasteiger partial charge in [-0.3, -0.25) is 0 Å². The minimum atomic E-state index is -2.97. The van der Waals surface area contributed by atoms with Crippen molar-refractivity contribution in [3.63, 3.8) is 0 Å². The van der Waals surface area contributed by atoms with E-state index in [1.165, 1.54) is 72.8 Å². The Hall–Kier alpha value is -4.10. The van der Waals surface area contributed by atoms with Crippen molar-refractivity contribution in [3.8, 4) is 17.2 Å². The van der Waals surface area contributed by atoms with Crippen molar-refractivity contribution in [1.82, 2.24) is 0 Å². The lowest BCUT2D eigenvalue weighted by Crippen LogP contribution is -2.12. The van der Waals surface area contributed by atoms with Gasteiger partial charge in [-0.15, -0.1) is 0 Å². The predicted molar refractivity (Wildman–Crippen MR) is 107 cm³/mol. The van der Waals surface area contributed by atoms with Crippen LogP contribution in [0.5, 0.6) is 17.2 Å². The van der Waals surface area contributed by atoms with Crippen LogP contribution < -0.4 is 0 Å². The molecule has 0 aliphatic heterocycles. The van der Waals surface area contributed by atoms with Crippen LogP contribution >= 0.6 is 8.60 Å². The zero-order valence-corrected chi connectivity index (χ0v) is 16.6. The summed E-state index contributed by atoms with van der Waals surface area (Å²) < 4.78 is 15.0. The van der Waals surface area contributed by atoms with Gasteiger partial charge in [-0.1, -0.05) is 36.4 Å². The van der Waals surface area contributed by atoms with E-state index in [0.717, 1.165) is 0 Å². The lowest BCUT2D eigenvalue weighted by molar-refractivity contribution is 0.0545. The highest BCUT2D eigenvalue weighted by Crippen LogP contribution is 2.44. The van der Waals surface area contributed by atoms with E-state index in [1.807, 2.05) is 0 Å². The first-order valence-corrected chi connectivity index (χ1v) is 9.77. The first-order chi connectivity index (χ1) is 14.9. The molecule has 0 radical (unpaired) electrons. The molecule has 0 bridgehead atoms. The summed E-state index contributed by atoms with van der Waals surface area (Å²) in [5, 5.41) is 29.4. The molecule has 3 aromatic rings. The third-order valence-electron chi connectivity index (χ3n) is 3.84. The van der Waals surface area contributed by atoms with E-state index in [4.69, 9.17) is 13.6 Å². The zero-order valence-electron chi connectivity index (χ0n) is 15.7. The summed E-state index contributed by atoms with van der Waals surface area (Å²) in [4.78, 5) is 37.2. The van der Waals surface area contributed by atoms with Gasteiger partial charge in [-0.2, -0.15) is 0 Å². The molecule has 0 aliphatic carbocycles. The summed E-state index contributed by atoms with van der Waals surface area (Å²) in [7, 11) is -2.97. The fourth-order valence-corrected chi connectivity index (χ4v) is 3.16. The molecule has 3 N–H and O–H groups in total. The molecule has 158 valence electrons. The molecule has 0 aromatic heterocycles. The summed E-state index contributed by atoms with van der Waals surface area (Å²) in [5.41, 5.74) is -0.772. The molecule has 0 saturated heterocycles. The Kier molecular flexibility index (Phi) is 6.69. The van der Waals surface area contributed by atoms with Gasteiger partial charge in [-0.25, -0.2) is 14.4 Å². The lowest BCUT2D eigenvalue weighted by Gasteiger charge is -2.16. The van der Waals surface area contributed by atoms with Gasteiger partial charge >= 0.3 is 26.5 Å². The minimum absolute atomic E-state index is 0.257. The van der Waals surface area contributed by atoms with Crippen LogP contribution in [0.1, 0.15) is 31.1 Å². The Balaban J connectivity index is 1.84. The van der Waals surface area contributed by atoms with Crippen molar-refractivity contribution < 1.29 is 43.3 Å². The van der Waals surface area contributed by atoms with Gasteiger partial charge in [0, 0.05) is 0 Å². The summed E-state index contributed by atoms with van der Waals surface area (Å²) in [5.74, 6) is -4.58. The Morgan fingerprint density at radius 1 is 0.516 bits per heavy atom. The second-order valence-electron chi connectivity index (χ2n) is 5.91. The Bertz CT molecular complexity index is 988. The van der Waals surface area contributed by atoms with Crippen molar-refractivity contribution in [1.29, 1.82) is 0 Å². The van der Waals surface area contributed by atoms with Crippen LogP contribution in [0.4, 0.5) is 0 Å². The largest absolute Gasteiger partial charge is 0.537 e. The summed E-state index contributed by atoms with van der Waals surface area (Å²) in [6, 6.07) is 16.3. The van der Waals surface area contributed by atoms with E-state index < -0.39 is 43.8 Å². The van der Waals surface area contributed by atoms with Gasteiger partial charge in [0.2, 0.25) is 0 Å². The molecular formula is C21H15O9P. The summed E-state index contributed by atoms with van der Waals surface area (Å²) in [6.07, 6.45) is 0. The molecule has 0 fully saturated rings. The van der Waals surface area contributed by atoms with Gasteiger partial charge in [-0.05, 0) is 36.4 Å². The smallest absolute Gasteiger partial charge is 0.507 e. The quantitative estimate of drug-likeness (QED) is 0.485. The third kappa shape index (κ3) is 5.29. The summed E-state index contributed by atoms with van der Waals surface area (Å²) >= 11 is 0. The highest BCUT2D eigenvalue weighted by Gasteiger charge is 2.31. The van der Waals surface area contributed by atoms with Crippen LogP contribution in [0.3, 0.4) is 0 Å². The van der Waals surface area contributed by atoms with E-state index in [2.05, 4.69) is 0 Å². The van der Waals surface area contributed by atoms with Crippen molar-refractivity contribution in [3.05, 3.63) is 89.5 Å². The van der Waals surface area contributed by atoms with Crippen LogP contribution in [-0.4, -0.2) is 33.2 Å². The van der Waals surface area contributed by atoms with Crippen molar-refractivity contribution >= 4 is 26.5 Å². The van der Waals surface area contributed by atoms with Gasteiger partial charge in [0.15, 0.2) is 0 Å². The molecule has 0 unspecified atom stereocenters. The van der Waals surface area contributed by atoms with Crippen LogP contribution in [0.2, 0.25) is 0 Å². The maximum absolute atomic E-state index is 12.4. The fraction of sp³-hybridized carbons (Fsp3) is 0. The van der Waals surface area contributed by atoms with Gasteiger partial charge in [0.05, 0.1) is 0 Å². The molecule has 10 heteroatoms. The van der Waals surface area contributed by atoms with Gasteiger partial charge in [0.25, 0.3) is 0 Å². The van der Waals surface area contributed by atoms with E-state index >= 15 is 0 Å². The highest BCUT2D eigenvalue weighted by atomic mass is 31.2. The van der Waals surface area contributed by atoms with Crippen molar-refractivity contribution in [2.75, 3.05) is 0 Å². The molecule has 31 heavy (non-hydrogen) atoms. The standard InChI is InChI=1S/C21H15O9P/c22-16-10-4-1-7-13(16)19(25)28-31(29-20(26)14-8-2-5-11-17(14)23)30-21(27)15-9-3-6-12-18(15)24/h1-12,22-24H. The van der Waals surface area contributed by atoms with Crippen molar-refractivity contribution in [2.24, 2.45) is 0 Å². The second-order valence-corrected chi connectivity index (χ2v) is 6.91. The SMILES string of the molecule is O=C(OP(OC(=O)c1ccccc1O)OC(=O)c1ccccc1O)c1ccccc1O. The zero-order chi connectivity index (χ0) is 22.4. The monoisotopic (exact) mass is 442 g/mol. The Labute approximate surface area is 177 Å². The molecule has 0 aliphatic rings. The molecule has 3 rings (SSSR count). The van der Waals surface area contributed by atoms with Gasteiger partial charge in [0.1, 0.15) is 33.9 Å². The predicted octanol–water partition coefficient (Wildman–Crippen LogP) is 3.90. The molecule has 0 heterocycles. The van der Waals surface area contributed by atoms with E-state index in [0.29, 0.717) is 0 Å². The Morgan fingerprint density at radius 3 is 1.03 bits per heavy atom. The minimum Gasteiger partial charge on any atom is -0.507 e. The van der Waals surface area contributed by atoms with Crippen LogP contribution in [0.25, 0.3) is 0 Å². The number of aromatic hydroxyl groups is 3. The van der Waals surface area contributed by atoms with Crippen molar-refractivity contribution in [2.45, 2.75) is 0 Å². The molecule has 9 nitrogen and oxygen atoms in total. The molecule has 0 spiro atoms. The molecular weight excluding hydrogens is 427 g/mol. The number of carbonyl (C=O) groups is 3. The normalized spacial score (nSPS) is 10.4. The molecule has 0 amide bonds. The number of carbonyl (C=O) groups excluding carboxylic acids is 3. The summed E-state index contributed by atoms with van der Waals surface area (Å²) in [6.45, 7) is 0. The lowest BCUT2D eigenvalue weighted by atomic mass is 10.2. The molecule has 0 saturated carbocycles. The first-order valence-electron chi connectivity index (χ1n) is 8.68. The van der Waals surface area contributed by atoms with E-state index in [1.54, 1.807) is 0 Å². The number of benzene rings is 3. The second kappa shape index (κ2) is 9.60. The Morgan fingerprint density at radius 2 is 0.774 bits per heavy atom. The average molecular weight is 442 g/mol. The first kappa shape index (κ1) is 21.6. The highest BCUT2D eigenvalue weighted by molar-refractivity contribution is 7.43. The van der Waals surface area contributed by atoms with Gasteiger partial charge < -0.3 is 28.9 Å². The number of phenols is 3. The van der Waals surface area contributed by atoms with E-state index in [9.17, 15) is 29.7 Å². The molecule has 0 atom stereocenters. The number of hydrogen-bond donors (Lipinski definition) is 3. The van der Waals surface area contributed by atoms with Crippen LogP contribution in [-0.2, 0) is 13.6 Å². The number of para-hydroxylation sites is 3. The third-order valence-corrected chi connectivity index (χ3v) is 4.79. The maximum Gasteiger partial charge on any atom is 0.537 e. The average Bonchev–Trinajstić information content (AvgIpc) is 2.74. The topological polar surface area (TPSA) is 140 Å². The fourth-order valence-electron chi connectivity index (χ4n) is 2.35. The van der Waals surface area contributed by atoms with Crippen LogP contribution in [0, 0.1) is 0 Å². The maximum atomic E-state index is 12.4. The number of hydrogen-bond acceptors (Lipinski definition) is 9. The van der Waals surface area contributed by atoms with E-state index in [-0.39, 0.29) is 16.7 Å². The molecule has 3 aromatic carbocycles. The van der Waals surface area contributed by atoms with Crippen LogP contribution in [0.15, 0.2) is 72.8 Å².